The number of fused-ring (bicyclic) bond motifs is 2. The third-order valence-electron chi connectivity index (χ3n) is 2.74. The van der Waals surface area contributed by atoms with E-state index in [4.69, 9.17) is 9.47 Å². The van der Waals surface area contributed by atoms with Gasteiger partial charge < -0.3 is 9.47 Å². The summed E-state index contributed by atoms with van der Waals surface area (Å²) in [5.41, 5.74) is -0.531. The van der Waals surface area contributed by atoms with Crippen LogP contribution in [0.1, 0.15) is 27.2 Å². The average molecular weight is 227 g/mol. The van der Waals surface area contributed by atoms with Gasteiger partial charge in [0.25, 0.3) is 0 Å². The maximum absolute atomic E-state index is 11.8. The number of hydrogen-bond donors (Lipinski definition) is 0. The first-order valence-electron chi connectivity index (χ1n) is 5.53. The molecule has 0 unspecified atom stereocenters. The van der Waals surface area contributed by atoms with Crippen molar-refractivity contribution in [3.63, 3.8) is 0 Å². The third kappa shape index (κ3) is 2.04. The highest BCUT2D eigenvalue weighted by Gasteiger charge is 2.46. The summed E-state index contributed by atoms with van der Waals surface area (Å²) in [4.78, 5) is 25.0. The highest BCUT2D eigenvalue weighted by atomic mass is 16.6. The zero-order chi connectivity index (χ0) is 11.9. The highest BCUT2D eigenvalue weighted by Crippen LogP contribution is 2.25. The van der Waals surface area contributed by atoms with E-state index in [2.05, 4.69) is 0 Å². The van der Waals surface area contributed by atoms with Crippen LogP contribution in [-0.4, -0.2) is 47.7 Å². The molecule has 2 fully saturated rings. The molecular formula is C11H17NO4. The van der Waals surface area contributed by atoms with Crippen LogP contribution in [-0.2, 0) is 14.3 Å². The molecule has 16 heavy (non-hydrogen) atoms. The van der Waals surface area contributed by atoms with Gasteiger partial charge in [0.05, 0.1) is 6.61 Å². The number of carbonyl (C=O) groups is 2. The molecule has 2 aliphatic rings. The second kappa shape index (κ2) is 3.73. The second-order valence-corrected chi connectivity index (χ2v) is 5.20. The van der Waals surface area contributed by atoms with Crippen molar-refractivity contribution in [1.82, 2.24) is 4.90 Å². The number of amides is 1. The Hall–Kier alpha value is -1.10. The number of likely N-dealkylation sites (tertiary alicyclic amines) is 1. The smallest absolute Gasteiger partial charge is 0.410 e. The standard InChI is InChI=1S/C11H17NO4/c1-11(2,3)16-10(14)12-5-4-8-9(13)7(12)6-15-8/h7-8H,4-6H2,1-3H3/t7-,8-/m1/s1. The van der Waals surface area contributed by atoms with Gasteiger partial charge in [0, 0.05) is 6.54 Å². The van der Waals surface area contributed by atoms with Crippen LogP contribution in [0.5, 0.6) is 0 Å². The van der Waals surface area contributed by atoms with Gasteiger partial charge in [0.1, 0.15) is 17.7 Å². The number of nitrogens with zero attached hydrogens (tertiary/aromatic N) is 1. The first kappa shape index (κ1) is 11.4. The van der Waals surface area contributed by atoms with Gasteiger partial charge in [0.15, 0.2) is 5.78 Å². The number of hydrogen-bond acceptors (Lipinski definition) is 4. The molecule has 0 aromatic carbocycles. The van der Waals surface area contributed by atoms with E-state index in [1.807, 2.05) is 20.8 Å². The van der Waals surface area contributed by atoms with Crippen molar-refractivity contribution in [2.24, 2.45) is 0 Å². The van der Waals surface area contributed by atoms with E-state index in [1.54, 1.807) is 0 Å². The van der Waals surface area contributed by atoms with Gasteiger partial charge in [-0.05, 0) is 27.2 Å². The lowest BCUT2D eigenvalue weighted by atomic mass is 10.0. The first-order chi connectivity index (χ1) is 7.38. The fourth-order valence-electron chi connectivity index (χ4n) is 2.01. The van der Waals surface area contributed by atoms with Crippen molar-refractivity contribution in [3.05, 3.63) is 0 Å². The summed E-state index contributed by atoms with van der Waals surface area (Å²) in [6.07, 6.45) is -0.146. The summed E-state index contributed by atoms with van der Waals surface area (Å²) in [5.74, 6) is 0.0112. The molecule has 2 bridgehead atoms. The predicted octanol–water partition coefficient (Wildman–Crippen LogP) is 0.964. The number of ether oxygens (including phenoxy) is 2. The summed E-state index contributed by atoms with van der Waals surface area (Å²) >= 11 is 0. The van der Waals surface area contributed by atoms with Gasteiger partial charge in [-0.25, -0.2) is 4.79 Å². The van der Waals surface area contributed by atoms with Crippen molar-refractivity contribution in [2.75, 3.05) is 13.2 Å². The molecule has 0 N–H and O–H groups in total. The van der Waals surface area contributed by atoms with E-state index in [9.17, 15) is 9.59 Å². The molecule has 2 atom stereocenters. The average Bonchev–Trinajstić information content (AvgIpc) is 2.41. The van der Waals surface area contributed by atoms with Gasteiger partial charge in [-0.1, -0.05) is 0 Å². The molecule has 2 aliphatic heterocycles. The van der Waals surface area contributed by atoms with Crippen molar-refractivity contribution < 1.29 is 19.1 Å². The van der Waals surface area contributed by atoms with E-state index < -0.39 is 17.7 Å². The van der Waals surface area contributed by atoms with Crippen LogP contribution in [0, 0.1) is 0 Å². The number of piperidine rings is 1. The Labute approximate surface area is 94.7 Å². The minimum atomic E-state index is -0.531. The van der Waals surface area contributed by atoms with Gasteiger partial charge in [-0.15, -0.1) is 0 Å². The highest BCUT2D eigenvalue weighted by molar-refractivity contribution is 5.93. The molecule has 1 amide bonds. The molecule has 0 aromatic heterocycles. The van der Waals surface area contributed by atoms with E-state index in [1.165, 1.54) is 4.90 Å². The summed E-state index contributed by atoms with van der Waals surface area (Å²) < 4.78 is 10.6. The molecule has 0 saturated carbocycles. The lowest BCUT2D eigenvalue weighted by Gasteiger charge is -2.32. The number of carbonyl (C=O) groups excluding carboxylic acids is 2. The third-order valence-corrected chi connectivity index (χ3v) is 2.74. The van der Waals surface area contributed by atoms with E-state index >= 15 is 0 Å². The zero-order valence-electron chi connectivity index (χ0n) is 9.86. The molecule has 2 saturated heterocycles. The fraction of sp³-hybridized carbons (Fsp3) is 0.818. The van der Waals surface area contributed by atoms with Crippen LogP contribution >= 0.6 is 0 Å². The van der Waals surface area contributed by atoms with Crippen molar-refractivity contribution in [3.8, 4) is 0 Å². The minimum absolute atomic E-state index is 0.0112. The summed E-state index contributed by atoms with van der Waals surface area (Å²) in [5, 5.41) is 0. The SMILES string of the molecule is CC(C)(C)OC(=O)N1CC[C@H]2OC[C@@H]1C2=O. The second-order valence-electron chi connectivity index (χ2n) is 5.20. The fourth-order valence-corrected chi connectivity index (χ4v) is 2.01. The molecule has 0 spiro atoms. The lowest BCUT2D eigenvalue weighted by Crippen LogP contribution is -2.51. The van der Waals surface area contributed by atoms with Gasteiger partial charge >= 0.3 is 6.09 Å². The van der Waals surface area contributed by atoms with Crippen LogP contribution in [0.2, 0.25) is 0 Å². The van der Waals surface area contributed by atoms with Gasteiger partial charge in [-0.3, -0.25) is 9.69 Å². The Morgan fingerprint density at radius 2 is 2.19 bits per heavy atom. The van der Waals surface area contributed by atoms with Crippen molar-refractivity contribution >= 4 is 11.9 Å². The monoisotopic (exact) mass is 227 g/mol. The molecule has 0 radical (unpaired) electrons. The normalized spacial score (nSPS) is 29.4. The Balaban J connectivity index is 2.05. The predicted molar refractivity (Wildman–Crippen MR) is 56.1 cm³/mol. The summed E-state index contributed by atoms with van der Waals surface area (Å²) in [6, 6.07) is -0.436. The maximum Gasteiger partial charge on any atom is 0.410 e. The number of ketones is 1. The zero-order valence-corrected chi connectivity index (χ0v) is 9.86. The van der Waals surface area contributed by atoms with Crippen LogP contribution in [0.25, 0.3) is 0 Å². The molecule has 5 nitrogen and oxygen atoms in total. The molecule has 5 heteroatoms. The van der Waals surface area contributed by atoms with Gasteiger partial charge in [0.2, 0.25) is 0 Å². The lowest BCUT2D eigenvalue weighted by molar-refractivity contribution is -0.128. The molecule has 0 aromatic rings. The molecular weight excluding hydrogens is 210 g/mol. The first-order valence-corrected chi connectivity index (χ1v) is 5.53. The van der Waals surface area contributed by atoms with Crippen molar-refractivity contribution in [1.29, 1.82) is 0 Å². The van der Waals surface area contributed by atoms with Crippen molar-refractivity contribution in [2.45, 2.75) is 44.9 Å². The van der Waals surface area contributed by atoms with E-state index in [0.717, 1.165) is 0 Å². The van der Waals surface area contributed by atoms with Crippen LogP contribution in [0.3, 0.4) is 0 Å². The number of rotatable bonds is 0. The molecule has 2 heterocycles. The minimum Gasteiger partial charge on any atom is -0.444 e. The van der Waals surface area contributed by atoms with Crippen LogP contribution in [0.15, 0.2) is 0 Å². The summed E-state index contributed by atoms with van der Waals surface area (Å²) in [7, 11) is 0. The van der Waals surface area contributed by atoms with E-state index in [0.29, 0.717) is 19.6 Å². The summed E-state index contributed by atoms with van der Waals surface area (Å²) in [6.45, 7) is 6.28. The Bertz CT molecular complexity index is 320. The van der Waals surface area contributed by atoms with E-state index in [-0.39, 0.29) is 11.9 Å². The quantitative estimate of drug-likeness (QED) is 0.618. The van der Waals surface area contributed by atoms with Crippen LogP contribution < -0.4 is 0 Å². The van der Waals surface area contributed by atoms with Crippen LogP contribution in [0.4, 0.5) is 4.79 Å². The molecule has 0 aliphatic carbocycles. The topological polar surface area (TPSA) is 55.8 Å². The Kier molecular flexibility index (Phi) is 2.66. The molecule has 90 valence electrons. The Morgan fingerprint density at radius 3 is 2.81 bits per heavy atom. The molecule has 2 rings (SSSR count). The van der Waals surface area contributed by atoms with Gasteiger partial charge in [-0.2, -0.15) is 0 Å². The number of Topliss-reactive ketones (excluding diaryl/α,β-unsaturated/α-hetero) is 1. The Morgan fingerprint density at radius 1 is 1.50 bits per heavy atom. The maximum atomic E-state index is 11.8. The largest absolute Gasteiger partial charge is 0.444 e.